The van der Waals surface area contributed by atoms with Gasteiger partial charge in [-0.05, 0) is 86.0 Å². The molecule has 0 aromatic heterocycles. The molecule has 0 radical (unpaired) electrons. The van der Waals surface area contributed by atoms with E-state index in [0.717, 1.165) is 48.5 Å². The van der Waals surface area contributed by atoms with Crippen molar-refractivity contribution in [2.24, 2.45) is 0 Å². The molecule has 192 valence electrons. The minimum Gasteiger partial charge on any atom is -0.494 e. The first kappa shape index (κ1) is 27.0. The summed E-state index contributed by atoms with van der Waals surface area (Å²) in [6.07, 6.45) is 2.75. The van der Waals surface area contributed by atoms with Crippen LogP contribution in [0.3, 0.4) is 0 Å². The lowest BCUT2D eigenvalue weighted by Gasteiger charge is -2.16. The summed E-state index contributed by atoms with van der Waals surface area (Å²) in [7, 11) is 0. The van der Waals surface area contributed by atoms with Crippen molar-refractivity contribution in [2.75, 3.05) is 36.9 Å². The van der Waals surface area contributed by atoms with Crippen molar-refractivity contribution < 1.29 is 19.4 Å². The lowest BCUT2D eigenvalue weighted by atomic mass is 10.1. The summed E-state index contributed by atoms with van der Waals surface area (Å²) < 4.78 is 11.2. The third kappa shape index (κ3) is 8.59. The molecule has 3 rings (SSSR count). The minimum absolute atomic E-state index is 0.411. The zero-order valence-electron chi connectivity index (χ0n) is 21.1. The molecular weight excluding hydrogens is 454 g/mol. The smallest absolute Gasteiger partial charge is 0.211 e. The Morgan fingerprint density at radius 3 is 2.33 bits per heavy atom. The molecule has 3 aromatic carbocycles. The zero-order chi connectivity index (χ0) is 25.6. The molecule has 0 spiro atoms. The molecule has 0 fully saturated rings. The van der Waals surface area contributed by atoms with Crippen molar-refractivity contribution in [3.8, 4) is 11.5 Å². The Hall–Kier alpha value is -3.55. The number of amides is 1. The van der Waals surface area contributed by atoms with Gasteiger partial charge in [0.05, 0.1) is 25.0 Å². The molecule has 0 unspecified atom stereocenters. The number of aliphatic hydroxyl groups excluding tert-OH is 1. The second kappa shape index (κ2) is 14.8. The number of aliphatic hydroxyl groups is 1. The van der Waals surface area contributed by atoms with Crippen LogP contribution in [0.2, 0.25) is 0 Å². The van der Waals surface area contributed by atoms with E-state index in [4.69, 9.17) is 9.47 Å². The summed E-state index contributed by atoms with van der Waals surface area (Å²) in [5.74, 6) is 1.47. The first-order valence-electron chi connectivity index (χ1n) is 12.6. The third-order valence-corrected chi connectivity index (χ3v) is 5.69. The van der Waals surface area contributed by atoms with E-state index >= 15 is 0 Å². The number of rotatable bonds is 16. The molecular formula is C29H37N3O4. The largest absolute Gasteiger partial charge is 0.494 e. The van der Waals surface area contributed by atoms with Crippen LogP contribution in [-0.2, 0) is 11.2 Å². The summed E-state index contributed by atoms with van der Waals surface area (Å²) in [4.78, 5) is 11.0. The predicted octanol–water partition coefficient (Wildman–Crippen LogP) is 5.44. The van der Waals surface area contributed by atoms with Crippen molar-refractivity contribution in [2.45, 2.75) is 39.2 Å². The third-order valence-electron chi connectivity index (χ3n) is 5.69. The average molecular weight is 492 g/mol. The van der Waals surface area contributed by atoms with Gasteiger partial charge in [0.2, 0.25) is 6.41 Å². The highest BCUT2D eigenvalue weighted by atomic mass is 16.5. The summed E-state index contributed by atoms with van der Waals surface area (Å²) in [6.45, 7) is 6.46. The Balaban J connectivity index is 1.44. The molecule has 0 aliphatic heterocycles. The van der Waals surface area contributed by atoms with Gasteiger partial charge in [-0.2, -0.15) is 0 Å². The molecule has 7 nitrogen and oxygen atoms in total. The van der Waals surface area contributed by atoms with Crippen LogP contribution in [0.15, 0.2) is 66.7 Å². The van der Waals surface area contributed by atoms with Gasteiger partial charge in [0.25, 0.3) is 0 Å². The molecule has 36 heavy (non-hydrogen) atoms. The Morgan fingerprint density at radius 2 is 1.67 bits per heavy atom. The van der Waals surface area contributed by atoms with Crippen LogP contribution in [0.25, 0.3) is 0 Å². The number of anilines is 3. The summed E-state index contributed by atoms with van der Waals surface area (Å²) in [6, 6.07) is 21.6. The topological polar surface area (TPSA) is 91.8 Å². The maximum absolute atomic E-state index is 11.0. The van der Waals surface area contributed by atoms with E-state index in [1.165, 1.54) is 5.56 Å². The van der Waals surface area contributed by atoms with E-state index in [1.54, 1.807) is 12.1 Å². The molecule has 0 heterocycles. The second-order valence-corrected chi connectivity index (χ2v) is 8.47. The van der Waals surface area contributed by atoms with Gasteiger partial charge in [0.15, 0.2) is 0 Å². The van der Waals surface area contributed by atoms with Gasteiger partial charge in [-0.1, -0.05) is 31.5 Å². The van der Waals surface area contributed by atoms with Crippen molar-refractivity contribution in [1.29, 1.82) is 0 Å². The average Bonchev–Trinajstić information content (AvgIpc) is 2.90. The monoisotopic (exact) mass is 491 g/mol. The van der Waals surface area contributed by atoms with Crippen LogP contribution < -0.4 is 25.4 Å². The summed E-state index contributed by atoms with van der Waals surface area (Å²) in [5, 5.41) is 20.0. The van der Waals surface area contributed by atoms with Crippen LogP contribution in [0.1, 0.15) is 43.9 Å². The molecule has 1 atom stereocenters. The van der Waals surface area contributed by atoms with Gasteiger partial charge in [-0.15, -0.1) is 0 Å². The standard InChI is InChI=1S/C29H37N3O4/c1-3-5-18-36-29-15-8-23(19-27(29)31-21-33)28(34)20-30-17-16-22-6-9-24(10-7-22)32-25-11-13-26(14-12-25)35-4-2/h6-15,19,21,28,30,32,34H,3-5,16-18,20H2,1-2H3,(H,31,33)/t28-/m0/s1. The number of carbonyl (C=O) groups is 1. The highest BCUT2D eigenvalue weighted by Gasteiger charge is 2.11. The SMILES string of the molecule is CCCCOc1ccc([C@@H](O)CNCCc2ccc(Nc3ccc(OCC)cc3)cc2)cc1NC=O. The van der Waals surface area contributed by atoms with Crippen LogP contribution in [0, 0.1) is 0 Å². The molecule has 0 aliphatic rings. The Labute approximate surface area is 213 Å². The lowest BCUT2D eigenvalue weighted by Crippen LogP contribution is -2.23. The van der Waals surface area contributed by atoms with Crippen molar-refractivity contribution >= 4 is 23.5 Å². The molecule has 4 N–H and O–H groups in total. The van der Waals surface area contributed by atoms with Gasteiger partial charge in [-0.3, -0.25) is 4.79 Å². The number of carbonyl (C=O) groups excluding carboxylic acids is 1. The molecule has 0 aliphatic carbocycles. The number of unbranched alkanes of at least 4 members (excludes halogenated alkanes) is 1. The lowest BCUT2D eigenvalue weighted by molar-refractivity contribution is -0.105. The van der Waals surface area contributed by atoms with E-state index in [0.29, 0.717) is 37.6 Å². The Bertz CT molecular complexity index is 1060. The van der Waals surface area contributed by atoms with E-state index in [9.17, 15) is 9.90 Å². The number of hydrogen-bond donors (Lipinski definition) is 4. The normalized spacial score (nSPS) is 11.5. The van der Waals surface area contributed by atoms with Crippen molar-refractivity contribution in [1.82, 2.24) is 5.32 Å². The van der Waals surface area contributed by atoms with Crippen LogP contribution in [-0.4, -0.2) is 37.8 Å². The molecule has 7 heteroatoms. The Kier molecular flexibility index (Phi) is 11.1. The van der Waals surface area contributed by atoms with E-state index in [2.05, 4.69) is 47.1 Å². The number of benzene rings is 3. The van der Waals surface area contributed by atoms with E-state index < -0.39 is 6.10 Å². The number of nitrogens with one attached hydrogen (secondary N) is 3. The molecule has 0 saturated heterocycles. The molecule has 0 bridgehead atoms. The van der Waals surface area contributed by atoms with Gasteiger partial charge >= 0.3 is 0 Å². The van der Waals surface area contributed by atoms with E-state index in [-0.39, 0.29) is 0 Å². The fourth-order valence-electron chi connectivity index (χ4n) is 3.70. The number of hydrogen-bond acceptors (Lipinski definition) is 6. The maximum Gasteiger partial charge on any atom is 0.211 e. The van der Waals surface area contributed by atoms with Crippen LogP contribution in [0.5, 0.6) is 11.5 Å². The summed E-state index contributed by atoms with van der Waals surface area (Å²) >= 11 is 0. The van der Waals surface area contributed by atoms with Gasteiger partial charge < -0.3 is 30.5 Å². The first-order chi connectivity index (χ1) is 17.6. The predicted molar refractivity (Wildman–Crippen MR) is 145 cm³/mol. The van der Waals surface area contributed by atoms with E-state index in [1.807, 2.05) is 37.3 Å². The highest BCUT2D eigenvalue weighted by Crippen LogP contribution is 2.28. The van der Waals surface area contributed by atoms with Crippen molar-refractivity contribution in [3.63, 3.8) is 0 Å². The fraction of sp³-hybridized carbons (Fsp3) is 0.345. The zero-order valence-corrected chi connectivity index (χ0v) is 21.1. The molecule has 0 saturated carbocycles. The van der Waals surface area contributed by atoms with Gasteiger partial charge in [0.1, 0.15) is 11.5 Å². The van der Waals surface area contributed by atoms with Crippen LogP contribution in [0.4, 0.5) is 17.1 Å². The van der Waals surface area contributed by atoms with Crippen LogP contribution >= 0.6 is 0 Å². The quantitative estimate of drug-likeness (QED) is 0.158. The Morgan fingerprint density at radius 1 is 0.944 bits per heavy atom. The van der Waals surface area contributed by atoms with Gasteiger partial charge in [0, 0.05) is 17.9 Å². The minimum atomic E-state index is -0.692. The molecule has 1 amide bonds. The van der Waals surface area contributed by atoms with Crippen molar-refractivity contribution in [3.05, 3.63) is 77.9 Å². The maximum atomic E-state index is 11.0. The second-order valence-electron chi connectivity index (χ2n) is 8.47. The first-order valence-corrected chi connectivity index (χ1v) is 12.6. The van der Waals surface area contributed by atoms with Gasteiger partial charge in [-0.25, -0.2) is 0 Å². The molecule has 3 aromatic rings. The fourth-order valence-corrected chi connectivity index (χ4v) is 3.70. The number of ether oxygens (including phenoxy) is 2. The summed E-state index contributed by atoms with van der Waals surface area (Å²) in [5.41, 5.74) is 4.53. The highest BCUT2D eigenvalue weighted by molar-refractivity contribution is 5.76.